The van der Waals surface area contributed by atoms with Crippen molar-refractivity contribution in [2.75, 3.05) is 0 Å². The topological polar surface area (TPSA) is 30.7 Å². The molecule has 0 unspecified atom stereocenters. The Hall–Kier alpha value is -6.36. The second kappa shape index (κ2) is 11.7. The van der Waals surface area contributed by atoms with Gasteiger partial charge in [-0.3, -0.25) is 0 Å². The highest BCUT2D eigenvalue weighted by Gasteiger charge is 2.14. The predicted octanol–water partition coefficient (Wildman–Crippen LogP) is 12.6. The number of aromatic nitrogens is 3. The van der Waals surface area contributed by atoms with Gasteiger partial charge in [0, 0.05) is 53.3 Å². The zero-order valence-electron chi connectivity index (χ0n) is 27.0. The summed E-state index contributed by atoms with van der Waals surface area (Å²) in [6.45, 7) is 0. The third kappa shape index (κ3) is 4.80. The van der Waals surface area contributed by atoms with Crippen molar-refractivity contribution in [3.63, 3.8) is 0 Å². The summed E-state index contributed by atoms with van der Waals surface area (Å²) < 4.78 is 4.98. The summed E-state index contributed by atoms with van der Waals surface area (Å²) in [6, 6.07) is 62.5. The van der Waals surface area contributed by atoms with Crippen molar-refractivity contribution in [2.24, 2.45) is 0 Å². The molecular formula is C46H29N3S. The molecule has 0 spiro atoms. The van der Waals surface area contributed by atoms with Gasteiger partial charge in [0.05, 0.1) is 22.4 Å². The average Bonchev–Trinajstić information content (AvgIpc) is 3.74. The average molecular weight is 656 g/mol. The van der Waals surface area contributed by atoms with Gasteiger partial charge in [0.25, 0.3) is 0 Å². The maximum absolute atomic E-state index is 5.15. The molecule has 0 bridgehead atoms. The van der Waals surface area contributed by atoms with Gasteiger partial charge in [-0.25, -0.2) is 9.97 Å². The fourth-order valence-electron chi connectivity index (χ4n) is 7.18. The van der Waals surface area contributed by atoms with Crippen LogP contribution < -0.4 is 0 Å². The molecule has 10 aromatic rings. The molecule has 10 rings (SSSR count). The molecule has 0 radical (unpaired) electrons. The number of hydrogen-bond acceptors (Lipinski definition) is 3. The molecular weight excluding hydrogens is 627 g/mol. The molecule has 234 valence electrons. The lowest BCUT2D eigenvalue weighted by Crippen LogP contribution is -1.97. The Bertz CT molecular complexity index is 2790. The van der Waals surface area contributed by atoms with E-state index in [0.717, 1.165) is 33.8 Å². The van der Waals surface area contributed by atoms with Gasteiger partial charge < -0.3 is 4.57 Å². The van der Waals surface area contributed by atoms with Crippen molar-refractivity contribution in [1.29, 1.82) is 0 Å². The van der Waals surface area contributed by atoms with Crippen LogP contribution in [-0.4, -0.2) is 14.5 Å². The van der Waals surface area contributed by atoms with Crippen LogP contribution in [0.4, 0.5) is 0 Å². The smallest absolute Gasteiger partial charge is 0.160 e. The van der Waals surface area contributed by atoms with E-state index in [4.69, 9.17) is 9.97 Å². The molecule has 3 aromatic heterocycles. The molecule has 0 saturated carbocycles. The third-order valence-corrected chi connectivity index (χ3v) is 10.8. The molecule has 0 aliphatic rings. The standard InChI is InChI=1S/C46H29N3S/c1-2-10-31(11-3-1)40-29-41(32-20-18-30(19-21-32)34-24-27-45-39(28-34)38-14-6-9-17-44(38)50-45)48-46(47-40)33-22-25-35(26-23-33)49-42-15-7-4-12-36(42)37-13-5-8-16-43(37)49/h1-29H. The molecule has 0 N–H and O–H groups in total. The van der Waals surface area contributed by atoms with Crippen molar-refractivity contribution < 1.29 is 0 Å². The predicted molar refractivity (Wildman–Crippen MR) is 211 cm³/mol. The summed E-state index contributed by atoms with van der Waals surface area (Å²) in [6.07, 6.45) is 0. The van der Waals surface area contributed by atoms with Crippen LogP contribution in [0.25, 0.3) is 92.7 Å². The first kappa shape index (κ1) is 28.6. The summed E-state index contributed by atoms with van der Waals surface area (Å²) in [5.74, 6) is 0.703. The van der Waals surface area contributed by atoms with Crippen molar-refractivity contribution in [3.8, 4) is 50.7 Å². The Kier molecular flexibility index (Phi) is 6.68. The van der Waals surface area contributed by atoms with Gasteiger partial charge in [-0.15, -0.1) is 11.3 Å². The second-order valence-electron chi connectivity index (χ2n) is 12.6. The molecule has 0 fully saturated rings. The van der Waals surface area contributed by atoms with Crippen LogP contribution in [0, 0.1) is 0 Å². The Labute approximate surface area is 293 Å². The number of nitrogens with zero attached hydrogens (tertiary/aromatic N) is 3. The fraction of sp³-hybridized carbons (Fsp3) is 0. The van der Waals surface area contributed by atoms with E-state index in [2.05, 4.69) is 174 Å². The van der Waals surface area contributed by atoms with E-state index in [0.29, 0.717) is 5.82 Å². The van der Waals surface area contributed by atoms with Gasteiger partial charge in [-0.2, -0.15) is 0 Å². The molecule has 0 saturated heterocycles. The number of hydrogen-bond donors (Lipinski definition) is 0. The maximum atomic E-state index is 5.15. The largest absolute Gasteiger partial charge is 0.309 e. The van der Waals surface area contributed by atoms with Gasteiger partial charge in [-0.05, 0) is 71.8 Å². The SMILES string of the molecule is c1ccc(-c2cc(-c3ccc(-c4ccc5sc6ccccc6c5c4)cc3)nc(-c3ccc(-n4c5ccccc5c5ccccc54)cc3)n2)cc1. The number of para-hydroxylation sites is 2. The number of thiophene rings is 1. The molecule has 3 heterocycles. The third-order valence-electron chi connectivity index (χ3n) is 9.65. The minimum atomic E-state index is 0.703. The molecule has 3 nitrogen and oxygen atoms in total. The summed E-state index contributed by atoms with van der Waals surface area (Å²) in [7, 11) is 0. The van der Waals surface area contributed by atoms with Gasteiger partial charge >= 0.3 is 0 Å². The van der Waals surface area contributed by atoms with Crippen molar-refractivity contribution >= 4 is 53.3 Å². The Morgan fingerprint density at radius 2 is 0.880 bits per heavy atom. The lowest BCUT2D eigenvalue weighted by Gasteiger charge is -2.12. The molecule has 50 heavy (non-hydrogen) atoms. The van der Waals surface area contributed by atoms with E-state index in [-0.39, 0.29) is 0 Å². The lowest BCUT2D eigenvalue weighted by molar-refractivity contribution is 1.16. The normalized spacial score (nSPS) is 11.6. The Morgan fingerprint density at radius 3 is 1.58 bits per heavy atom. The maximum Gasteiger partial charge on any atom is 0.160 e. The summed E-state index contributed by atoms with van der Waals surface area (Å²) in [5.41, 5.74) is 10.8. The van der Waals surface area contributed by atoms with Crippen LogP contribution in [0.3, 0.4) is 0 Å². The van der Waals surface area contributed by atoms with Gasteiger partial charge in [0.2, 0.25) is 0 Å². The molecule has 0 amide bonds. The molecule has 0 atom stereocenters. The molecule has 4 heteroatoms. The molecule has 0 aliphatic heterocycles. The Balaban J connectivity index is 1.04. The van der Waals surface area contributed by atoms with E-state index >= 15 is 0 Å². The second-order valence-corrected chi connectivity index (χ2v) is 13.7. The van der Waals surface area contributed by atoms with E-state index in [1.165, 1.54) is 53.1 Å². The van der Waals surface area contributed by atoms with Crippen LogP contribution in [0.1, 0.15) is 0 Å². The van der Waals surface area contributed by atoms with E-state index in [9.17, 15) is 0 Å². The first-order valence-electron chi connectivity index (χ1n) is 16.8. The van der Waals surface area contributed by atoms with E-state index in [1.54, 1.807) is 0 Å². The Morgan fingerprint density at radius 1 is 0.360 bits per heavy atom. The fourth-order valence-corrected chi connectivity index (χ4v) is 8.27. The van der Waals surface area contributed by atoms with Crippen LogP contribution in [0.5, 0.6) is 0 Å². The minimum Gasteiger partial charge on any atom is -0.309 e. The highest BCUT2D eigenvalue weighted by atomic mass is 32.1. The first-order valence-corrected chi connectivity index (χ1v) is 17.6. The lowest BCUT2D eigenvalue weighted by atomic mass is 10.00. The quantitative estimate of drug-likeness (QED) is 0.185. The zero-order valence-corrected chi connectivity index (χ0v) is 27.8. The highest BCUT2D eigenvalue weighted by molar-refractivity contribution is 7.25. The monoisotopic (exact) mass is 655 g/mol. The number of rotatable bonds is 5. The van der Waals surface area contributed by atoms with Crippen LogP contribution in [0.2, 0.25) is 0 Å². The summed E-state index contributed by atoms with van der Waals surface area (Å²) in [5, 5.41) is 5.13. The molecule has 0 aliphatic carbocycles. The van der Waals surface area contributed by atoms with Gasteiger partial charge in [0.1, 0.15) is 0 Å². The number of benzene rings is 7. The summed E-state index contributed by atoms with van der Waals surface area (Å²) in [4.78, 5) is 10.2. The van der Waals surface area contributed by atoms with Gasteiger partial charge in [0.15, 0.2) is 5.82 Å². The minimum absolute atomic E-state index is 0.703. The van der Waals surface area contributed by atoms with Crippen molar-refractivity contribution in [1.82, 2.24) is 14.5 Å². The molecule has 7 aromatic carbocycles. The van der Waals surface area contributed by atoms with E-state index < -0.39 is 0 Å². The van der Waals surface area contributed by atoms with Crippen molar-refractivity contribution in [3.05, 3.63) is 176 Å². The van der Waals surface area contributed by atoms with Crippen LogP contribution in [-0.2, 0) is 0 Å². The van der Waals surface area contributed by atoms with Crippen LogP contribution in [0.15, 0.2) is 176 Å². The van der Waals surface area contributed by atoms with Gasteiger partial charge in [-0.1, -0.05) is 115 Å². The first-order chi connectivity index (χ1) is 24.8. The summed E-state index contributed by atoms with van der Waals surface area (Å²) >= 11 is 1.85. The van der Waals surface area contributed by atoms with Crippen molar-refractivity contribution in [2.45, 2.75) is 0 Å². The van der Waals surface area contributed by atoms with E-state index in [1.807, 2.05) is 17.4 Å². The number of fused-ring (bicyclic) bond motifs is 6. The highest BCUT2D eigenvalue weighted by Crippen LogP contribution is 2.37. The zero-order chi connectivity index (χ0) is 33.0. The van der Waals surface area contributed by atoms with Crippen LogP contribution >= 0.6 is 11.3 Å².